The number of furan rings is 1. The van der Waals surface area contributed by atoms with Crippen LogP contribution in [0.1, 0.15) is 19.1 Å². The van der Waals surface area contributed by atoms with Crippen LogP contribution in [0.5, 0.6) is 0 Å². The Balaban J connectivity index is 2.04. The first-order valence-corrected chi connectivity index (χ1v) is 7.92. The number of aliphatic carboxylic acids is 1. The van der Waals surface area contributed by atoms with Crippen LogP contribution in [-0.2, 0) is 14.4 Å². The Morgan fingerprint density at radius 1 is 1.57 bits per heavy atom. The summed E-state index contributed by atoms with van der Waals surface area (Å²) in [5.41, 5.74) is 0. The SMILES string of the molecule is CC(C(=O)NCCC(=O)O)N1C(=O)/C(=C/c2ccco2)SC1=S. The van der Waals surface area contributed by atoms with Crippen molar-refractivity contribution < 1.29 is 23.9 Å². The Kier molecular flexibility index (Phi) is 5.56. The van der Waals surface area contributed by atoms with Crippen molar-refractivity contribution in [2.45, 2.75) is 19.4 Å². The summed E-state index contributed by atoms with van der Waals surface area (Å²) in [4.78, 5) is 36.5. The van der Waals surface area contributed by atoms with Crippen LogP contribution in [0.25, 0.3) is 6.08 Å². The third kappa shape index (κ3) is 4.20. The predicted molar refractivity (Wildman–Crippen MR) is 88.4 cm³/mol. The van der Waals surface area contributed by atoms with Gasteiger partial charge < -0.3 is 14.8 Å². The first-order valence-electron chi connectivity index (χ1n) is 6.70. The van der Waals surface area contributed by atoms with Crippen LogP contribution in [0.2, 0.25) is 0 Å². The van der Waals surface area contributed by atoms with Crippen molar-refractivity contribution in [3.63, 3.8) is 0 Å². The molecule has 2 heterocycles. The molecule has 1 aliphatic heterocycles. The van der Waals surface area contributed by atoms with Gasteiger partial charge in [-0.25, -0.2) is 0 Å². The molecule has 1 unspecified atom stereocenters. The highest BCUT2D eigenvalue weighted by Crippen LogP contribution is 2.33. The zero-order valence-corrected chi connectivity index (χ0v) is 13.8. The van der Waals surface area contributed by atoms with E-state index in [1.54, 1.807) is 18.2 Å². The van der Waals surface area contributed by atoms with Gasteiger partial charge in [0.25, 0.3) is 5.91 Å². The minimum Gasteiger partial charge on any atom is -0.481 e. The molecule has 2 rings (SSSR count). The van der Waals surface area contributed by atoms with E-state index in [-0.39, 0.29) is 23.2 Å². The molecule has 1 saturated heterocycles. The monoisotopic (exact) mass is 354 g/mol. The molecule has 0 saturated carbocycles. The lowest BCUT2D eigenvalue weighted by atomic mass is 10.2. The second-order valence-corrected chi connectivity index (χ2v) is 6.35. The molecule has 0 aliphatic carbocycles. The van der Waals surface area contributed by atoms with Gasteiger partial charge in [-0.05, 0) is 19.1 Å². The number of carboxylic acids is 1. The van der Waals surface area contributed by atoms with Crippen LogP contribution in [-0.4, -0.2) is 44.7 Å². The zero-order chi connectivity index (χ0) is 17.0. The highest BCUT2D eigenvalue weighted by atomic mass is 32.2. The van der Waals surface area contributed by atoms with E-state index in [4.69, 9.17) is 21.7 Å². The number of carboxylic acid groups (broad SMARTS) is 1. The first kappa shape index (κ1) is 17.2. The number of hydrogen-bond acceptors (Lipinski definition) is 6. The maximum absolute atomic E-state index is 12.4. The van der Waals surface area contributed by atoms with Gasteiger partial charge in [0, 0.05) is 12.6 Å². The number of carbonyl (C=O) groups excluding carboxylic acids is 2. The Bertz CT molecular complexity index is 669. The number of nitrogens with zero attached hydrogens (tertiary/aromatic N) is 1. The van der Waals surface area contributed by atoms with E-state index in [1.165, 1.54) is 18.1 Å². The van der Waals surface area contributed by atoms with E-state index < -0.39 is 17.9 Å². The van der Waals surface area contributed by atoms with Crippen molar-refractivity contribution in [3.8, 4) is 0 Å². The number of rotatable bonds is 6. The van der Waals surface area contributed by atoms with Gasteiger partial charge in [-0.2, -0.15) is 0 Å². The molecule has 1 aromatic heterocycles. The highest BCUT2D eigenvalue weighted by Gasteiger charge is 2.38. The summed E-state index contributed by atoms with van der Waals surface area (Å²) in [5, 5.41) is 11.0. The quantitative estimate of drug-likeness (QED) is 0.589. The lowest BCUT2D eigenvalue weighted by Crippen LogP contribution is -2.47. The van der Waals surface area contributed by atoms with Gasteiger partial charge in [0.05, 0.1) is 17.6 Å². The normalized spacial score (nSPS) is 17.6. The third-order valence-electron chi connectivity index (χ3n) is 3.04. The van der Waals surface area contributed by atoms with Gasteiger partial charge >= 0.3 is 5.97 Å². The smallest absolute Gasteiger partial charge is 0.305 e. The minimum atomic E-state index is -1.01. The summed E-state index contributed by atoms with van der Waals surface area (Å²) in [7, 11) is 0. The average molecular weight is 354 g/mol. The number of nitrogens with one attached hydrogen (secondary N) is 1. The molecule has 0 aromatic carbocycles. The Morgan fingerprint density at radius 2 is 2.30 bits per heavy atom. The fourth-order valence-corrected chi connectivity index (χ4v) is 3.27. The molecule has 23 heavy (non-hydrogen) atoms. The first-order chi connectivity index (χ1) is 10.9. The number of thioether (sulfide) groups is 1. The molecule has 122 valence electrons. The summed E-state index contributed by atoms with van der Waals surface area (Å²) in [6, 6.07) is 2.58. The molecule has 0 radical (unpaired) electrons. The maximum Gasteiger partial charge on any atom is 0.305 e. The van der Waals surface area contributed by atoms with Crippen LogP contribution in [0.15, 0.2) is 27.7 Å². The van der Waals surface area contributed by atoms with E-state index in [9.17, 15) is 14.4 Å². The summed E-state index contributed by atoms with van der Waals surface area (Å²) in [5.74, 6) is -1.33. The minimum absolute atomic E-state index is 0.00443. The molecule has 7 nitrogen and oxygen atoms in total. The highest BCUT2D eigenvalue weighted by molar-refractivity contribution is 8.26. The molecule has 1 aliphatic rings. The summed E-state index contributed by atoms with van der Waals surface area (Å²) >= 11 is 6.25. The van der Waals surface area contributed by atoms with Crippen molar-refractivity contribution in [2.24, 2.45) is 0 Å². The number of carbonyl (C=O) groups is 3. The average Bonchev–Trinajstić information content (AvgIpc) is 3.07. The van der Waals surface area contributed by atoms with Crippen molar-refractivity contribution in [3.05, 3.63) is 29.1 Å². The summed E-state index contributed by atoms with van der Waals surface area (Å²) in [6.45, 7) is 1.53. The van der Waals surface area contributed by atoms with Crippen LogP contribution in [0, 0.1) is 0 Å². The Labute approximate surface area is 141 Å². The van der Waals surface area contributed by atoms with Gasteiger partial charge in [-0.15, -0.1) is 0 Å². The molecule has 1 fully saturated rings. The summed E-state index contributed by atoms with van der Waals surface area (Å²) in [6.07, 6.45) is 2.87. The second-order valence-electron chi connectivity index (χ2n) is 4.68. The number of amides is 2. The van der Waals surface area contributed by atoms with Crippen LogP contribution in [0.4, 0.5) is 0 Å². The van der Waals surface area contributed by atoms with E-state index in [0.29, 0.717) is 10.7 Å². The zero-order valence-electron chi connectivity index (χ0n) is 12.1. The van der Waals surface area contributed by atoms with Crippen LogP contribution < -0.4 is 5.32 Å². The molecule has 1 aromatic rings. The van der Waals surface area contributed by atoms with Crippen LogP contribution >= 0.6 is 24.0 Å². The molecule has 0 spiro atoms. The lowest BCUT2D eigenvalue weighted by Gasteiger charge is -2.22. The van der Waals surface area contributed by atoms with Crippen molar-refractivity contribution >= 4 is 52.2 Å². The van der Waals surface area contributed by atoms with Gasteiger partial charge in [0.2, 0.25) is 5.91 Å². The van der Waals surface area contributed by atoms with E-state index in [2.05, 4.69) is 5.32 Å². The third-order valence-corrected chi connectivity index (χ3v) is 4.38. The van der Waals surface area contributed by atoms with Crippen molar-refractivity contribution in [2.75, 3.05) is 6.54 Å². The van der Waals surface area contributed by atoms with E-state index >= 15 is 0 Å². The fraction of sp³-hybridized carbons (Fsp3) is 0.286. The number of thiocarbonyl (C=S) groups is 1. The molecule has 2 N–H and O–H groups in total. The summed E-state index contributed by atoms with van der Waals surface area (Å²) < 4.78 is 5.43. The van der Waals surface area contributed by atoms with E-state index in [0.717, 1.165) is 11.8 Å². The van der Waals surface area contributed by atoms with Crippen LogP contribution in [0.3, 0.4) is 0 Å². The van der Waals surface area contributed by atoms with Crippen molar-refractivity contribution in [1.82, 2.24) is 10.2 Å². The van der Waals surface area contributed by atoms with Crippen molar-refractivity contribution in [1.29, 1.82) is 0 Å². The standard InChI is InChI=1S/C14H14N2O5S2/c1-8(12(19)15-5-4-11(17)18)16-13(20)10(23-14(16)22)7-9-3-2-6-21-9/h2-3,6-8H,4-5H2,1H3,(H,15,19)(H,17,18)/b10-7-. The molecular formula is C14H14N2O5S2. The van der Waals surface area contributed by atoms with Gasteiger partial charge in [-0.3, -0.25) is 19.3 Å². The second kappa shape index (κ2) is 7.42. The fourth-order valence-electron chi connectivity index (χ4n) is 1.87. The van der Waals surface area contributed by atoms with Gasteiger partial charge in [0.15, 0.2) is 0 Å². The lowest BCUT2D eigenvalue weighted by molar-refractivity contribution is -0.137. The Hall–Kier alpha value is -2.13. The molecule has 1 atom stereocenters. The molecule has 2 amide bonds. The molecule has 9 heteroatoms. The maximum atomic E-state index is 12.4. The largest absolute Gasteiger partial charge is 0.481 e. The number of hydrogen-bond donors (Lipinski definition) is 2. The topological polar surface area (TPSA) is 99.9 Å². The molecule has 0 bridgehead atoms. The molecular weight excluding hydrogens is 340 g/mol. The van der Waals surface area contributed by atoms with Gasteiger partial charge in [-0.1, -0.05) is 24.0 Å². The predicted octanol–water partition coefficient (Wildman–Crippen LogP) is 1.46. The van der Waals surface area contributed by atoms with Gasteiger partial charge in [0.1, 0.15) is 16.1 Å². The van der Waals surface area contributed by atoms with E-state index in [1.807, 2.05) is 0 Å². The Morgan fingerprint density at radius 3 is 2.91 bits per heavy atom.